The van der Waals surface area contributed by atoms with E-state index in [4.69, 9.17) is 0 Å². The lowest BCUT2D eigenvalue weighted by Crippen LogP contribution is -2.29. The van der Waals surface area contributed by atoms with Crippen molar-refractivity contribution in [2.45, 2.75) is 40.5 Å². The molecule has 0 aliphatic rings. The van der Waals surface area contributed by atoms with Crippen molar-refractivity contribution in [2.75, 3.05) is 6.54 Å². The minimum Gasteiger partial charge on any atom is -0.352 e. The van der Waals surface area contributed by atoms with Gasteiger partial charge in [0.25, 0.3) is 5.91 Å². The monoisotopic (exact) mass is 223 g/mol. The van der Waals surface area contributed by atoms with Crippen molar-refractivity contribution in [1.82, 2.24) is 15.5 Å². The van der Waals surface area contributed by atoms with Crippen molar-refractivity contribution in [3.05, 3.63) is 17.0 Å². The summed E-state index contributed by atoms with van der Waals surface area (Å²) in [7, 11) is 0. The summed E-state index contributed by atoms with van der Waals surface area (Å²) in [4.78, 5) is 11.9. The number of aryl methyl sites for hydroxylation is 2. The summed E-state index contributed by atoms with van der Waals surface area (Å²) in [5.41, 5.74) is 2.28. The largest absolute Gasteiger partial charge is 0.352 e. The van der Waals surface area contributed by atoms with E-state index in [1.807, 2.05) is 13.8 Å². The molecule has 2 N–H and O–H groups in total. The smallest absolute Gasteiger partial charge is 0.255 e. The average Bonchev–Trinajstić information content (AvgIpc) is 2.60. The van der Waals surface area contributed by atoms with Crippen LogP contribution in [0.5, 0.6) is 0 Å². The predicted molar refractivity (Wildman–Crippen MR) is 64.5 cm³/mol. The maximum Gasteiger partial charge on any atom is 0.255 e. The van der Waals surface area contributed by atoms with Crippen LogP contribution in [0.25, 0.3) is 0 Å². The van der Waals surface area contributed by atoms with E-state index < -0.39 is 0 Å². The number of H-pyrrole nitrogens is 1. The Balaban J connectivity index is 2.59. The van der Waals surface area contributed by atoms with Crippen LogP contribution >= 0.6 is 0 Å². The maximum absolute atomic E-state index is 11.9. The Labute approximate surface area is 96.8 Å². The van der Waals surface area contributed by atoms with E-state index in [0.717, 1.165) is 30.8 Å². The van der Waals surface area contributed by atoms with Crippen molar-refractivity contribution in [2.24, 2.45) is 5.92 Å². The molecule has 1 aromatic heterocycles. The van der Waals surface area contributed by atoms with E-state index in [2.05, 4.69) is 29.4 Å². The van der Waals surface area contributed by atoms with Gasteiger partial charge in [0.15, 0.2) is 0 Å². The van der Waals surface area contributed by atoms with E-state index in [0.29, 0.717) is 11.5 Å². The van der Waals surface area contributed by atoms with Gasteiger partial charge < -0.3 is 5.32 Å². The van der Waals surface area contributed by atoms with Gasteiger partial charge in [-0.05, 0) is 19.8 Å². The molecule has 0 radical (unpaired) electrons. The highest BCUT2D eigenvalue weighted by molar-refractivity contribution is 5.96. The molecule has 0 aliphatic carbocycles. The Morgan fingerprint density at radius 3 is 2.44 bits per heavy atom. The summed E-state index contributed by atoms with van der Waals surface area (Å²) in [5.74, 6) is 0.548. The average molecular weight is 223 g/mol. The Hall–Kier alpha value is -1.32. The first kappa shape index (κ1) is 12.7. The molecule has 16 heavy (non-hydrogen) atoms. The maximum atomic E-state index is 11.9. The SMILES string of the molecule is CCC(CC)CNC(=O)c1c(C)n[nH]c1C. The molecule has 0 bridgehead atoms. The molecule has 0 spiro atoms. The van der Waals surface area contributed by atoms with E-state index in [1.54, 1.807) is 0 Å². The van der Waals surface area contributed by atoms with Crippen molar-refractivity contribution in [3.63, 3.8) is 0 Å². The molecule has 0 aromatic carbocycles. The number of rotatable bonds is 5. The van der Waals surface area contributed by atoms with Gasteiger partial charge in [0.1, 0.15) is 0 Å². The van der Waals surface area contributed by atoms with Gasteiger partial charge in [0.05, 0.1) is 11.3 Å². The van der Waals surface area contributed by atoms with Gasteiger partial charge >= 0.3 is 0 Å². The van der Waals surface area contributed by atoms with Crippen LogP contribution in [0.1, 0.15) is 48.4 Å². The molecule has 0 unspecified atom stereocenters. The predicted octanol–water partition coefficient (Wildman–Crippen LogP) is 2.19. The third-order valence-corrected chi connectivity index (χ3v) is 3.06. The van der Waals surface area contributed by atoms with E-state index in [9.17, 15) is 4.79 Å². The summed E-state index contributed by atoms with van der Waals surface area (Å²) in [6, 6.07) is 0. The molecule has 1 rings (SSSR count). The highest BCUT2D eigenvalue weighted by Gasteiger charge is 2.15. The summed E-state index contributed by atoms with van der Waals surface area (Å²) in [6.45, 7) is 8.75. The topological polar surface area (TPSA) is 57.8 Å². The van der Waals surface area contributed by atoms with Gasteiger partial charge in [0.2, 0.25) is 0 Å². The number of aromatic amines is 1. The zero-order valence-corrected chi connectivity index (χ0v) is 10.6. The highest BCUT2D eigenvalue weighted by atomic mass is 16.1. The second-order valence-electron chi connectivity index (χ2n) is 4.20. The molecule has 1 amide bonds. The molecule has 4 nitrogen and oxygen atoms in total. The minimum absolute atomic E-state index is 0.0179. The first-order chi connectivity index (χ1) is 7.60. The van der Waals surface area contributed by atoms with Crippen LogP contribution in [0.3, 0.4) is 0 Å². The molecule has 1 heterocycles. The van der Waals surface area contributed by atoms with Gasteiger partial charge in [-0.3, -0.25) is 9.89 Å². The van der Waals surface area contributed by atoms with Gasteiger partial charge in [-0.2, -0.15) is 5.10 Å². The number of nitrogens with zero attached hydrogens (tertiary/aromatic N) is 1. The molecule has 90 valence electrons. The number of aromatic nitrogens is 2. The standard InChI is InChI=1S/C12H21N3O/c1-5-10(6-2)7-13-12(16)11-8(3)14-15-9(11)4/h10H,5-7H2,1-4H3,(H,13,16)(H,14,15). The summed E-state index contributed by atoms with van der Waals surface area (Å²) in [5, 5.41) is 9.81. The molecule has 0 aliphatic heterocycles. The summed E-state index contributed by atoms with van der Waals surface area (Å²) < 4.78 is 0. The quantitative estimate of drug-likeness (QED) is 0.804. The van der Waals surface area contributed by atoms with Crippen LogP contribution in [0.2, 0.25) is 0 Å². The zero-order chi connectivity index (χ0) is 12.1. The third kappa shape index (κ3) is 2.84. The number of carbonyl (C=O) groups excluding carboxylic acids is 1. The van der Waals surface area contributed by atoms with E-state index in [1.165, 1.54) is 0 Å². The first-order valence-corrected chi connectivity index (χ1v) is 5.89. The van der Waals surface area contributed by atoms with Gasteiger partial charge in [-0.25, -0.2) is 0 Å². The third-order valence-electron chi connectivity index (χ3n) is 3.06. The molecule has 4 heteroatoms. The lowest BCUT2D eigenvalue weighted by molar-refractivity contribution is 0.0945. The summed E-state index contributed by atoms with van der Waals surface area (Å²) >= 11 is 0. The number of carbonyl (C=O) groups is 1. The van der Waals surface area contributed by atoms with Crippen molar-refractivity contribution in [1.29, 1.82) is 0 Å². The molecule has 0 saturated heterocycles. The van der Waals surface area contributed by atoms with E-state index in [-0.39, 0.29) is 5.91 Å². The normalized spacial score (nSPS) is 10.8. The number of nitrogens with one attached hydrogen (secondary N) is 2. The zero-order valence-electron chi connectivity index (χ0n) is 10.6. The Bertz CT molecular complexity index is 334. The lowest BCUT2D eigenvalue weighted by Gasteiger charge is -2.13. The molecule has 1 aromatic rings. The Morgan fingerprint density at radius 1 is 1.38 bits per heavy atom. The molecule has 0 fully saturated rings. The number of hydrogen-bond acceptors (Lipinski definition) is 2. The first-order valence-electron chi connectivity index (χ1n) is 5.89. The Morgan fingerprint density at radius 2 is 2.00 bits per heavy atom. The van der Waals surface area contributed by atoms with Crippen LogP contribution < -0.4 is 5.32 Å². The van der Waals surface area contributed by atoms with Crippen LogP contribution in [-0.2, 0) is 0 Å². The second kappa shape index (κ2) is 5.68. The van der Waals surface area contributed by atoms with Crippen LogP contribution in [0.15, 0.2) is 0 Å². The summed E-state index contributed by atoms with van der Waals surface area (Å²) in [6.07, 6.45) is 2.19. The molecule has 0 atom stereocenters. The fourth-order valence-electron chi connectivity index (χ4n) is 1.79. The molecule has 0 saturated carbocycles. The molecular formula is C12H21N3O. The highest BCUT2D eigenvalue weighted by Crippen LogP contribution is 2.10. The van der Waals surface area contributed by atoms with E-state index >= 15 is 0 Å². The van der Waals surface area contributed by atoms with Gasteiger partial charge in [0, 0.05) is 12.2 Å². The molecular weight excluding hydrogens is 202 g/mol. The number of amides is 1. The Kier molecular flexibility index (Phi) is 4.52. The lowest BCUT2D eigenvalue weighted by atomic mass is 10.0. The van der Waals surface area contributed by atoms with Crippen LogP contribution in [-0.4, -0.2) is 22.6 Å². The van der Waals surface area contributed by atoms with Crippen LogP contribution in [0, 0.1) is 19.8 Å². The van der Waals surface area contributed by atoms with Crippen molar-refractivity contribution in [3.8, 4) is 0 Å². The van der Waals surface area contributed by atoms with Crippen molar-refractivity contribution < 1.29 is 4.79 Å². The van der Waals surface area contributed by atoms with Gasteiger partial charge in [-0.15, -0.1) is 0 Å². The second-order valence-corrected chi connectivity index (χ2v) is 4.20. The van der Waals surface area contributed by atoms with Crippen LogP contribution in [0.4, 0.5) is 0 Å². The van der Waals surface area contributed by atoms with Gasteiger partial charge in [-0.1, -0.05) is 26.7 Å². The fourth-order valence-corrected chi connectivity index (χ4v) is 1.79. The van der Waals surface area contributed by atoms with Crippen molar-refractivity contribution >= 4 is 5.91 Å². The minimum atomic E-state index is -0.0179. The fraction of sp³-hybridized carbons (Fsp3) is 0.667. The number of hydrogen-bond donors (Lipinski definition) is 2.